The standard InChI is InChI=1S/C17H27NO3/c1-6-13(3)18-17(4,16(19)21-7-2)12-14-10-8-9-11-15(14)20-5/h8-11,13,18H,6-7,12H2,1-5H3. The van der Waals surface area contributed by atoms with Crippen LogP contribution in [0.1, 0.15) is 39.7 Å². The molecular weight excluding hydrogens is 266 g/mol. The summed E-state index contributed by atoms with van der Waals surface area (Å²) in [7, 11) is 1.64. The van der Waals surface area contributed by atoms with Crippen LogP contribution in [0.2, 0.25) is 0 Å². The molecule has 0 fully saturated rings. The van der Waals surface area contributed by atoms with Gasteiger partial charge in [-0.2, -0.15) is 0 Å². The maximum absolute atomic E-state index is 12.4. The Kier molecular flexibility index (Phi) is 6.69. The molecule has 0 aliphatic heterocycles. The lowest BCUT2D eigenvalue weighted by Crippen LogP contribution is -2.55. The lowest BCUT2D eigenvalue weighted by atomic mass is 9.91. The van der Waals surface area contributed by atoms with Crippen LogP contribution in [-0.2, 0) is 16.0 Å². The van der Waals surface area contributed by atoms with Crippen molar-refractivity contribution in [2.24, 2.45) is 0 Å². The van der Waals surface area contributed by atoms with E-state index in [1.807, 2.05) is 38.1 Å². The van der Waals surface area contributed by atoms with Crippen LogP contribution >= 0.6 is 0 Å². The molecule has 1 rings (SSSR count). The van der Waals surface area contributed by atoms with Crippen LogP contribution in [0.15, 0.2) is 24.3 Å². The predicted octanol–water partition coefficient (Wildman–Crippen LogP) is 2.95. The number of hydrogen-bond donors (Lipinski definition) is 1. The highest BCUT2D eigenvalue weighted by molar-refractivity contribution is 5.81. The second-order valence-corrected chi connectivity index (χ2v) is 5.49. The summed E-state index contributed by atoms with van der Waals surface area (Å²) in [4.78, 5) is 12.4. The van der Waals surface area contributed by atoms with E-state index in [0.29, 0.717) is 13.0 Å². The summed E-state index contributed by atoms with van der Waals surface area (Å²) in [5.74, 6) is 0.565. The van der Waals surface area contributed by atoms with E-state index in [1.165, 1.54) is 0 Å². The largest absolute Gasteiger partial charge is 0.496 e. The summed E-state index contributed by atoms with van der Waals surface area (Å²) >= 11 is 0. The van der Waals surface area contributed by atoms with Crippen LogP contribution in [0.25, 0.3) is 0 Å². The van der Waals surface area contributed by atoms with Gasteiger partial charge in [-0.1, -0.05) is 25.1 Å². The zero-order chi connectivity index (χ0) is 15.9. The number of carbonyl (C=O) groups excluding carboxylic acids is 1. The van der Waals surface area contributed by atoms with E-state index in [0.717, 1.165) is 17.7 Å². The van der Waals surface area contributed by atoms with E-state index in [9.17, 15) is 4.79 Å². The minimum Gasteiger partial charge on any atom is -0.496 e. The fraction of sp³-hybridized carbons (Fsp3) is 0.588. The zero-order valence-corrected chi connectivity index (χ0v) is 13.7. The van der Waals surface area contributed by atoms with Crippen LogP contribution in [0, 0.1) is 0 Å². The highest BCUT2D eigenvalue weighted by Gasteiger charge is 2.36. The van der Waals surface area contributed by atoms with Crippen LogP contribution in [0.4, 0.5) is 0 Å². The van der Waals surface area contributed by atoms with Gasteiger partial charge in [0.25, 0.3) is 0 Å². The lowest BCUT2D eigenvalue weighted by molar-refractivity contribution is -0.150. The average Bonchev–Trinajstić information content (AvgIpc) is 2.47. The average molecular weight is 293 g/mol. The first-order valence-corrected chi connectivity index (χ1v) is 7.53. The van der Waals surface area contributed by atoms with Gasteiger partial charge in [0.05, 0.1) is 13.7 Å². The Bertz CT molecular complexity index is 461. The molecule has 0 saturated heterocycles. The molecule has 118 valence electrons. The predicted molar refractivity (Wildman–Crippen MR) is 84.6 cm³/mol. The Labute approximate surface area is 127 Å². The molecule has 0 radical (unpaired) electrons. The van der Waals surface area contributed by atoms with E-state index in [1.54, 1.807) is 7.11 Å². The molecule has 0 spiro atoms. The Morgan fingerprint density at radius 3 is 2.57 bits per heavy atom. The van der Waals surface area contributed by atoms with Gasteiger partial charge in [0.2, 0.25) is 0 Å². The van der Waals surface area contributed by atoms with Gasteiger partial charge < -0.3 is 9.47 Å². The van der Waals surface area contributed by atoms with Crippen LogP contribution in [-0.4, -0.2) is 31.3 Å². The summed E-state index contributed by atoms with van der Waals surface area (Å²) in [6.45, 7) is 8.25. The molecule has 0 heterocycles. The Morgan fingerprint density at radius 2 is 2.00 bits per heavy atom. The molecular formula is C17H27NO3. The summed E-state index contributed by atoms with van der Waals surface area (Å²) < 4.78 is 10.6. The molecule has 1 N–H and O–H groups in total. The second-order valence-electron chi connectivity index (χ2n) is 5.49. The number of hydrogen-bond acceptors (Lipinski definition) is 4. The lowest BCUT2D eigenvalue weighted by Gasteiger charge is -2.32. The quantitative estimate of drug-likeness (QED) is 0.749. The monoisotopic (exact) mass is 293 g/mol. The summed E-state index contributed by atoms with van der Waals surface area (Å²) in [6, 6.07) is 7.99. The van der Waals surface area contributed by atoms with Crippen molar-refractivity contribution in [3.05, 3.63) is 29.8 Å². The number of nitrogens with one attached hydrogen (secondary N) is 1. The number of benzene rings is 1. The molecule has 0 saturated carbocycles. The number of carbonyl (C=O) groups is 1. The Morgan fingerprint density at radius 1 is 1.33 bits per heavy atom. The fourth-order valence-corrected chi connectivity index (χ4v) is 2.35. The van der Waals surface area contributed by atoms with Crippen molar-refractivity contribution in [3.8, 4) is 5.75 Å². The molecule has 4 heteroatoms. The first-order chi connectivity index (χ1) is 9.96. The number of methoxy groups -OCH3 is 1. The maximum Gasteiger partial charge on any atom is 0.326 e. The third-order valence-electron chi connectivity index (χ3n) is 3.64. The van der Waals surface area contributed by atoms with E-state index in [2.05, 4.69) is 19.2 Å². The molecule has 0 aliphatic rings. The van der Waals surface area contributed by atoms with Crippen molar-refractivity contribution in [3.63, 3.8) is 0 Å². The van der Waals surface area contributed by atoms with Crippen molar-refractivity contribution >= 4 is 5.97 Å². The van der Waals surface area contributed by atoms with Crippen LogP contribution < -0.4 is 10.1 Å². The van der Waals surface area contributed by atoms with Gasteiger partial charge in [-0.3, -0.25) is 10.1 Å². The number of para-hydroxylation sites is 1. The maximum atomic E-state index is 12.4. The molecule has 1 aromatic rings. The van der Waals surface area contributed by atoms with Crippen molar-refractivity contribution in [2.45, 2.75) is 52.1 Å². The number of esters is 1. The van der Waals surface area contributed by atoms with Crippen molar-refractivity contribution in [1.82, 2.24) is 5.32 Å². The Hall–Kier alpha value is -1.55. The summed E-state index contributed by atoms with van der Waals surface area (Å²) in [5.41, 5.74) is 0.228. The van der Waals surface area contributed by atoms with E-state index < -0.39 is 5.54 Å². The molecule has 2 unspecified atom stereocenters. The molecule has 1 aromatic carbocycles. The SMILES string of the molecule is CCOC(=O)C(C)(Cc1ccccc1OC)NC(C)CC. The summed E-state index contributed by atoms with van der Waals surface area (Å²) in [6.07, 6.45) is 1.47. The minimum atomic E-state index is -0.764. The van der Waals surface area contributed by atoms with E-state index >= 15 is 0 Å². The van der Waals surface area contributed by atoms with Crippen molar-refractivity contribution in [2.75, 3.05) is 13.7 Å². The first kappa shape index (κ1) is 17.5. The minimum absolute atomic E-state index is 0.226. The second kappa shape index (κ2) is 8.03. The van der Waals surface area contributed by atoms with Gasteiger partial charge in [0.1, 0.15) is 11.3 Å². The molecule has 21 heavy (non-hydrogen) atoms. The molecule has 0 aromatic heterocycles. The van der Waals surface area contributed by atoms with Gasteiger partial charge in [0, 0.05) is 12.5 Å². The molecule has 4 nitrogen and oxygen atoms in total. The van der Waals surface area contributed by atoms with Gasteiger partial charge in [-0.05, 0) is 38.8 Å². The topological polar surface area (TPSA) is 47.6 Å². The number of ether oxygens (including phenoxy) is 2. The molecule has 0 aliphatic carbocycles. The zero-order valence-electron chi connectivity index (χ0n) is 13.7. The van der Waals surface area contributed by atoms with Gasteiger partial charge >= 0.3 is 5.97 Å². The fourth-order valence-electron chi connectivity index (χ4n) is 2.35. The normalized spacial score (nSPS) is 15.1. The first-order valence-electron chi connectivity index (χ1n) is 7.53. The van der Waals surface area contributed by atoms with E-state index in [-0.39, 0.29) is 12.0 Å². The van der Waals surface area contributed by atoms with E-state index in [4.69, 9.17) is 9.47 Å². The highest BCUT2D eigenvalue weighted by Crippen LogP contribution is 2.24. The Balaban J connectivity index is 3.03. The van der Waals surface area contributed by atoms with Gasteiger partial charge in [0.15, 0.2) is 0 Å². The molecule has 0 amide bonds. The van der Waals surface area contributed by atoms with Crippen LogP contribution in [0.3, 0.4) is 0 Å². The van der Waals surface area contributed by atoms with Crippen molar-refractivity contribution < 1.29 is 14.3 Å². The third kappa shape index (κ3) is 4.74. The highest BCUT2D eigenvalue weighted by atomic mass is 16.5. The molecule has 0 bridgehead atoms. The van der Waals surface area contributed by atoms with Gasteiger partial charge in [-0.15, -0.1) is 0 Å². The smallest absolute Gasteiger partial charge is 0.326 e. The van der Waals surface area contributed by atoms with Crippen molar-refractivity contribution in [1.29, 1.82) is 0 Å². The number of rotatable bonds is 8. The van der Waals surface area contributed by atoms with Gasteiger partial charge in [-0.25, -0.2) is 0 Å². The summed E-state index contributed by atoms with van der Waals surface area (Å²) in [5, 5.41) is 3.40. The molecule has 2 atom stereocenters. The third-order valence-corrected chi connectivity index (χ3v) is 3.64. The van der Waals surface area contributed by atoms with Crippen LogP contribution in [0.5, 0.6) is 5.75 Å².